The van der Waals surface area contributed by atoms with E-state index in [1.807, 2.05) is 26.0 Å². The molecule has 0 saturated carbocycles. The highest BCUT2D eigenvalue weighted by atomic mass is 31.2. The first kappa shape index (κ1) is 33.4. The monoisotopic (exact) mass is 558 g/mol. The lowest BCUT2D eigenvalue weighted by Gasteiger charge is -2.32. The third-order valence-corrected chi connectivity index (χ3v) is 9.33. The fraction of sp³-hybridized carbons (Fsp3) is 0.647. The van der Waals surface area contributed by atoms with Crippen LogP contribution in [0.2, 0.25) is 0 Å². The van der Waals surface area contributed by atoms with E-state index in [-0.39, 0.29) is 34.0 Å². The van der Waals surface area contributed by atoms with Crippen LogP contribution in [-0.4, -0.2) is 15.1 Å². The van der Waals surface area contributed by atoms with Crippen LogP contribution in [0.1, 0.15) is 141 Å². The second kappa shape index (κ2) is 10.9. The first-order valence-corrected chi connectivity index (χ1v) is 16.5. The Morgan fingerprint density at radius 1 is 0.590 bits per heavy atom. The molecular weight excluding hydrogens is 503 g/mol. The Labute approximate surface area is 238 Å². The zero-order chi connectivity index (χ0) is 30.5. The molecular formula is C34H55O4P. The highest BCUT2D eigenvalue weighted by Crippen LogP contribution is 2.53. The molecule has 0 aliphatic heterocycles. The van der Waals surface area contributed by atoms with Crippen LogP contribution < -0.4 is 0 Å². The minimum atomic E-state index is -3.70. The Morgan fingerprint density at radius 3 is 1.08 bits per heavy atom. The number of aromatic hydroxyl groups is 2. The van der Waals surface area contributed by atoms with E-state index < -0.39 is 7.37 Å². The van der Waals surface area contributed by atoms with Crippen LogP contribution in [0.4, 0.5) is 0 Å². The van der Waals surface area contributed by atoms with Gasteiger partial charge in [0, 0.05) is 11.1 Å². The number of phenols is 2. The van der Waals surface area contributed by atoms with Crippen LogP contribution in [0.25, 0.3) is 0 Å². The maximum absolute atomic E-state index is 14.1. The summed E-state index contributed by atoms with van der Waals surface area (Å²) in [6.45, 7) is 29.0. The van der Waals surface area contributed by atoms with Crippen molar-refractivity contribution in [2.75, 3.05) is 0 Å². The second-order valence-electron chi connectivity index (χ2n) is 15.4. The molecule has 4 nitrogen and oxygen atoms in total. The van der Waals surface area contributed by atoms with Crippen molar-refractivity contribution < 1.29 is 19.7 Å². The van der Waals surface area contributed by atoms with Crippen LogP contribution in [-0.2, 0) is 51.4 Å². The van der Waals surface area contributed by atoms with Gasteiger partial charge in [-0.05, 0) is 67.9 Å². The smallest absolute Gasteiger partial charge is 0.209 e. The predicted octanol–water partition coefficient (Wildman–Crippen LogP) is 9.38. The van der Waals surface area contributed by atoms with E-state index in [9.17, 15) is 19.7 Å². The van der Waals surface area contributed by atoms with Gasteiger partial charge in [-0.2, -0.15) is 0 Å². The lowest BCUT2D eigenvalue weighted by molar-refractivity contribution is 0.420. The number of hydrogen-bond acceptors (Lipinski definition) is 3. The quantitative estimate of drug-likeness (QED) is 0.309. The highest BCUT2D eigenvalue weighted by Gasteiger charge is 2.34. The summed E-state index contributed by atoms with van der Waals surface area (Å²) in [6, 6.07) is 3.93. The average Bonchev–Trinajstić information content (AvgIpc) is 2.71. The van der Waals surface area contributed by atoms with Gasteiger partial charge in [0.05, 0.1) is 12.3 Å². The second-order valence-corrected chi connectivity index (χ2v) is 17.8. The zero-order valence-corrected chi connectivity index (χ0v) is 28.1. The molecule has 2 rings (SSSR count). The molecule has 3 N–H and O–H groups in total. The summed E-state index contributed by atoms with van der Waals surface area (Å²) in [5.41, 5.74) is 5.71. The molecule has 0 fully saturated rings. The SMILES string of the molecule is CCc1c(CP(=O)(O)Cc2cc(C(C)(C)C)c(O)c(C(C)(C)C)c2CC)cc(C(C)(C)C)c(O)c1C(C)(C)C. The summed E-state index contributed by atoms with van der Waals surface area (Å²) in [5, 5.41) is 22.8. The predicted molar refractivity (Wildman–Crippen MR) is 167 cm³/mol. The van der Waals surface area contributed by atoms with Gasteiger partial charge in [0.25, 0.3) is 0 Å². The number of phenolic OH excluding ortho intramolecular Hbond substituents is 2. The summed E-state index contributed by atoms with van der Waals surface area (Å²) in [6.07, 6.45) is 1.42. The van der Waals surface area contributed by atoms with Crippen LogP contribution >= 0.6 is 7.37 Å². The number of rotatable bonds is 6. The highest BCUT2D eigenvalue weighted by molar-refractivity contribution is 7.56. The molecule has 39 heavy (non-hydrogen) atoms. The molecule has 2 aromatic rings. The molecule has 0 aliphatic carbocycles. The molecule has 0 atom stereocenters. The standard InChI is InChI=1S/C34H55O4P/c1-15-23-21(17-25(31(3,4)5)29(35)27(23)33(9,10)11)19-39(37,38)20-22-18-26(32(6,7)8)30(36)28(24(22)16-2)34(12,13)14/h17-18,35-36H,15-16,19-20H2,1-14H3,(H,37,38). The Balaban J connectivity index is 2.81. The van der Waals surface area contributed by atoms with E-state index in [0.29, 0.717) is 24.3 Å². The van der Waals surface area contributed by atoms with E-state index in [1.165, 1.54) is 0 Å². The fourth-order valence-electron chi connectivity index (χ4n) is 5.97. The van der Waals surface area contributed by atoms with Crippen LogP contribution in [0, 0.1) is 0 Å². The van der Waals surface area contributed by atoms with Crippen molar-refractivity contribution in [3.63, 3.8) is 0 Å². The fourth-order valence-corrected chi connectivity index (χ4v) is 7.71. The molecule has 0 radical (unpaired) electrons. The normalized spacial score (nSPS) is 13.7. The minimum Gasteiger partial charge on any atom is -0.507 e. The maximum atomic E-state index is 14.1. The van der Waals surface area contributed by atoms with Crippen molar-refractivity contribution >= 4 is 7.37 Å². The van der Waals surface area contributed by atoms with Gasteiger partial charge >= 0.3 is 0 Å². The van der Waals surface area contributed by atoms with Gasteiger partial charge in [-0.3, -0.25) is 4.57 Å². The van der Waals surface area contributed by atoms with Gasteiger partial charge in [0.1, 0.15) is 11.5 Å². The summed E-state index contributed by atoms with van der Waals surface area (Å²) < 4.78 is 14.1. The van der Waals surface area contributed by atoms with E-state index in [4.69, 9.17) is 0 Å². The van der Waals surface area contributed by atoms with E-state index >= 15 is 0 Å². The molecule has 0 bridgehead atoms. The molecule has 0 spiro atoms. The third-order valence-electron chi connectivity index (χ3n) is 7.66. The first-order chi connectivity index (χ1) is 17.4. The summed E-state index contributed by atoms with van der Waals surface area (Å²) in [5.74, 6) is 0.611. The number of benzene rings is 2. The molecule has 0 saturated heterocycles. The van der Waals surface area contributed by atoms with Crippen LogP contribution in [0.3, 0.4) is 0 Å². The maximum Gasteiger partial charge on any atom is 0.209 e. The Bertz CT molecular complexity index is 1160. The van der Waals surface area contributed by atoms with Gasteiger partial charge in [-0.15, -0.1) is 0 Å². The van der Waals surface area contributed by atoms with Crippen molar-refractivity contribution in [1.82, 2.24) is 0 Å². The molecule has 0 aromatic heterocycles. The van der Waals surface area contributed by atoms with Crippen molar-refractivity contribution in [2.24, 2.45) is 0 Å². The van der Waals surface area contributed by atoms with Gasteiger partial charge in [-0.25, -0.2) is 0 Å². The minimum absolute atomic E-state index is 0.0440. The Morgan fingerprint density at radius 2 is 0.872 bits per heavy atom. The molecule has 220 valence electrons. The molecule has 0 aliphatic rings. The van der Waals surface area contributed by atoms with Gasteiger partial charge in [0.15, 0.2) is 0 Å². The van der Waals surface area contributed by atoms with Gasteiger partial charge in [-0.1, -0.05) is 109 Å². The zero-order valence-electron chi connectivity index (χ0n) is 27.2. The first-order valence-electron chi connectivity index (χ1n) is 14.4. The van der Waals surface area contributed by atoms with Crippen LogP contribution in [0.5, 0.6) is 11.5 Å². The van der Waals surface area contributed by atoms with E-state index in [1.54, 1.807) is 0 Å². The number of hydrogen-bond donors (Lipinski definition) is 3. The average molecular weight is 559 g/mol. The molecule has 2 aromatic carbocycles. The van der Waals surface area contributed by atoms with E-state index in [2.05, 4.69) is 83.1 Å². The topological polar surface area (TPSA) is 77.8 Å². The summed E-state index contributed by atoms with van der Waals surface area (Å²) in [7, 11) is -3.70. The lowest BCUT2D eigenvalue weighted by Crippen LogP contribution is -2.21. The van der Waals surface area contributed by atoms with Crippen LogP contribution in [0.15, 0.2) is 12.1 Å². The third kappa shape index (κ3) is 7.31. The molecule has 0 amide bonds. The summed E-state index contributed by atoms with van der Waals surface area (Å²) in [4.78, 5) is 11.6. The van der Waals surface area contributed by atoms with Gasteiger partial charge < -0.3 is 15.1 Å². The largest absolute Gasteiger partial charge is 0.507 e. The van der Waals surface area contributed by atoms with Gasteiger partial charge in [0.2, 0.25) is 7.37 Å². The Kier molecular flexibility index (Phi) is 9.34. The van der Waals surface area contributed by atoms with Crippen molar-refractivity contribution in [3.8, 4) is 11.5 Å². The summed E-state index contributed by atoms with van der Waals surface area (Å²) >= 11 is 0. The molecule has 5 heteroatoms. The van der Waals surface area contributed by atoms with Crippen molar-refractivity contribution in [1.29, 1.82) is 0 Å². The Hall–Kier alpha value is -1.77. The molecule has 0 heterocycles. The molecule has 0 unspecified atom stereocenters. The van der Waals surface area contributed by atoms with Crippen molar-refractivity contribution in [3.05, 3.63) is 56.6 Å². The lowest BCUT2D eigenvalue weighted by atomic mass is 9.75. The van der Waals surface area contributed by atoms with Crippen molar-refractivity contribution in [2.45, 2.75) is 144 Å². The van der Waals surface area contributed by atoms with E-state index in [0.717, 1.165) is 44.5 Å².